The summed E-state index contributed by atoms with van der Waals surface area (Å²) in [5.41, 5.74) is 0.623. The van der Waals surface area contributed by atoms with E-state index in [0.717, 1.165) is 15.4 Å². The predicted octanol–water partition coefficient (Wildman–Crippen LogP) is 4.54. The minimum absolute atomic E-state index is 0.0948. The molecule has 0 aliphatic heterocycles. The van der Waals surface area contributed by atoms with Crippen LogP contribution in [0.4, 0.5) is 0 Å². The second-order valence-electron chi connectivity index (χ2n) is 6.28. The number of hydrogen-bond donors (Lipinski definition) is 0. The maximum atomic E-state index is 12.3. The van der Waals surface area contributed by atoms with Gasteiger partial charge < -0.3 is 0 Å². The molecule has 3 nitrogen and oxygen atoms in total. The van der Waals surface area contributed by atoms with Gasteiger partial charge in [0.05, 0.1) is 5.69 Å². The Morgan fingerprint density at radius 3 is 2.68 bits per heavy atom. The molecular formula is C17H18N2OS2. The van der Waals surface area contributed by atoms with Crippen molar-refractivity contribution < 1.29 is 4.79 Å². The van der Waals surface area contributed by atoms with Gasteiger partial charge in [0, 0.05) is 32.0 Å². The van der Waals surface area contributed by atoms with Crippen molar-refractivity contribution in [3.05, 3.63) is 45.5 Å². The average Bonchev–Trinajstić information content (AvgIpc) is 3.01. The number of benzene rings is 1. The zero-order valence-corrected chi connectivity index (χ0v) is 14.7. The van der Waals surface area contributed by atoms with Gasteiger partial charge in [-0.05, 0) is 13.0 Å². The summed E-state index contributed by atoms with van der Waals surface area (Å²) in [6.45, 7) is 7.72. The van der Waals surface area contributed by atoms with Crippen LogP contribution in [0.5, 0.6) is 0 Å². The van der Waals surface area contributed by atoms with Crippen LogP contribution >= 0.6 is 22.7 Å². The van der Waals surface area contributed by atoms with E-state index in [-0.39, 0.29) is 5.91 Å². The Morgan fingerprint density at radius 2 is 1.95 bits per heavy atom. The van der Waals surface area contributed by atoms with Crippen LogP contribution in [0.15, 0.2) is 40.8 Å². The molecular weight excluding hydrogens is 312 g/mol. The topological polar surface area (TPSA) is 34.4 Å². The predicted molar refractivity (Wildman–Crippen MR) is 93.8 cm³/mol. The van der Waals surface area contributed by atoms with Crippen molar-refractivity contribution in [1.82, 2.24) is 4.57 Å². The molecule has 0 aliphatic rings. The van der Waals surface area contributed by atoms with Crippen LogP contribution in [0.2, 0.25) is 0 Å². The van der Waals surface area contributed by atoms with Gasteiger partial charge in [0.2, 0.25) is 0 Å². The molecule has 2 heterocycles. The third-order valence-electron chi connectivity index (χ3n) is 3.33. The number of rotatable bonds is 1. The van der Waals surface area contributed by atoms with Gasteiger partial charge in [-0.2, -0.15) is 4.99 Å². The Balaban J connectivity index is 2.21. The summed E-state index contributed by atoms with van der Waals surface area (Å²) in [5.74, 6) is -0.0948. The maximum Gasteiger partial charge on any atom is 0.253 e. The van der Waals surface area contributed by atoms with Crippen LogP contribution in [-0.4, -0.2) is 10.5 Å². The fourth-order valence-corrected chi connectivity index (χ4v) is 3.87. The maximum absolute atomic E-state index is 12.3. The van der Waals surface area contributed by atoms with E-state index >= 15 is 0 Å². The van der Waals surface area contributed by atoms with E-state index in [2.05, 4.69) is 22.5 Å². The van der Waals surface area contributed by atoms with Crippen LogP contribution in [0.25, 0.3) is 15.8 Å². The van der Waals surface area contributed by atoms with Gasteiger partial charge in [0.15, 0.2) is 4.80 Å². The second kappa shape index (κ2) is 5.48. The van der Waals surface area contributed by atoms with E-state index in [4.69, 9.17) is 0 Å². The zero-order chi connectivity index (χ0) is 15.9. The number of thiophene rings is 1. The Hall–Kier alpha value is -1.72. The van der Waals surface area contributed by atoms with Crippen molar-refractivity contribution in [2.75, 3.05) is 0 Å². The van der Waals surface area contributed by atoms with Gasteiger partial charge in [-0.25, -0.2) is 0 Å². The van der Waals surface area contributed by atoms with E-state index in [1.807, 2.05) is 50.6 Å². The average molecular weight is 330 g/mol. The van der Waals surface area contributed by atoms with Gasteiger partial charge in [0.25, 0.3) is 5.91 Å². The quantitative estimate of drug-likeness (QED) is 0.645. The first kappa shape index (κ1) is 15.2. The molecule has 1 amide bonds. The highest BCUT2D eigenvalue weighted by atomic mass is 32.1. The lowest BCUT2D eigenvalue weighted by Gasteiger charge is -2.11. The van der Waals surface area contributed by atoms with E-state index in [1.54, 1.807) is 22.7 Å². The normalized spacial score (nSPS) is 13.0. The molecule has 0 saturated heterocycles. The summed E-state index contributed by atoms with van der Waals surface area (Å²) in [5, 5.41) is 3.31. The molecule has 0 aliphatic carbocycles. The van der Waals surface area contributed by atoms with E-state index < -0.39 is 5.41 Å². The van der Waals surface area contributed by atoms with Gasteiger partial charge in [-0.15, -0.1) is 22.7 Å². The Bertz CT molecular complexity index is 907. The molecule has 0 atom stereocenters. The largest absolute Gasteiger partial charge is 0.291 e. The van der Waals surface area contributed by atoms with E-state index in [9.17, 15) is 4.79 Å². The van der Waals surface area contributed by atoms with E-state index in [0.29, 0.717) is 0 Å². The van der Waals surface area contributed by atoms with Crippen molar-refractivity contribution >= 4 is 38.7 Å². The first-order valence-corrected chi connectivity index (χ1v) is 8.81. The van der Waals surface area contributed by atoms with Crippen molar-refractivity contribution in [2.45, 2.75) is 27.7 Å². The smallest absolute Gasteiger partial charge is 0.253 e. The number of carbonyl (C=O) groups is 1. The van der Waals surface area contributed by atoms with Crippen LogP contribution in [0.1, 0.15) is 25.6 Å². The second-order valence-corrected chi connectivity index (χ2v) is 8.40. The number of aryl methyl sites for hydroxylation is 1. The number of thiazole rings is 1. The minimum Gasteiger partial charge on any atom is -0.291 e. The van der Waals surface area contributed by atoms with Gasteiger partial charge >= 0.3 is 0 Å². The SMILES string of the molecule is Cc1cn(-c2csc3ccccc23)/c(=N/C(=O)C(C)(C)C)s1. The van der Waals surface area contributed by atoms with Gasteiger partial charge in [-0.3, -0.25) is 9.36 Å². The molecule has 2 aromatic heterocycles. The third kappa shape index (κ3) is 2.78. The Morgan fingerprint density at radius 1 is 1.23 bits per heavy atom. The van der Waals surface area contributed by atoms with Crippen molar-refractivity contribution in [1.29, 1.82) is 0 Å². The number of fused-ring (bicyclic) bond motifs is 1. The molecule has 0 unspecified atom stereocenters. The number of hydrogen-bond acceptors (Lipinski definition) is 3. The van der Waals surface area contributed by atoms with Crippen LogP contribution in [-0.2, 0) is 4.79 Å². The highest BCUT2D eigenvalue weighted by molar-refractivity contribution is 7.17. The lowest BCUT2D eigenvalue weighted by Crippen LogP contribution is -2.22. The molecule has 114 valence electrons. The summed E-state index contributed by atoms with van der Waals surface area (Å²) < 4.78 is 3.27. The van der Waals surface area contributed by atoms with Crippen LogP contribution < -0.4 is 4.80 Å². The molecule has 1 aromatic carbocycles. The molecule has 3 rings (SSSR count). The van der Waals surface area contributed by atoms with Crippen LogP contribution in [0, 0.1) is 12.3 Å². The fourth-order valence-electron chi connectivity index (χ4n) is 2.11. The van der Waals surface area contributed by atoms with Crippen LogP contribution in [0.3, 0.4) is 0 Å². The Kier molecular flexibility index (Phi) is 3.78. The molecule has 3 aromatic rings. The van der Waals surface area contributed by atoms with Gasteiger partial charge in [0.1, 0.15) is 0 Å². The summed E-state index contributed by atoms with van der Waals surface area (Å²) >= 11 is 3.25. The van der Waals surface area contributed by atoms with Crippen molar-refractivity contribution in [2.24, 2.45) is 10.4 Å². The summed E-state index contributed by atoms with van der Waals surface area (Å²) in [6, 6.07) is 8.30. The highest BCUT2D eigenvalue weighted by Crippen LogP contribution is 2.28. The monoisotopic (exact) mass is 330 g/mol. The lowest BCUT2D eigenvalue weighted by molar-refractivity contribution is -0.125. The lowest BCUT2D eigenvalue weighted by atomic mass is 9.96. The van der Waals surface area contributed by atoms with Crippen molar-refractivity contribution in [3.63, 3.8) is 0 Å². The van der Waals surface area contributed by atoms with Gasteiger partial charge in [-0.1, -0.05) is 39.0 Å². The fraction of sp³-hybridized carbons (Fsp3) is 0.294. The zero-order valence-electron chi connectivity index (χ0n) is 13.1. The first-order valence-electron chi connectivity index (χ1n) is 7.11. The molecule has 0 saturated carbocycles. The molecule has 0 N–H and O–H groups in total. The number of nitrogens with zero attached hydrogens (tertiary/aromatic N) is 2. The number of carbonyl (C=O) groups excluding carboxylic acids is 1. The summed E-state index contributed by atoms with van der Waals surface area (Å²) in [4.78, 5) is 18.5. The standard InChI is InChI=1S/C17H18N2OS2/c1-11-9-19(16(22-11)18-15(20)17(2,3)4)13-10-21-14-8-6-5-7-12(13)14/h5-10H,1-4H3/b18-16-. The minimum atomic E-state index is -0.466. The molecule has 0 radical (unpaired) electrons. The summed E-state index contributed by atoms with van der Waals surface area (Å²) in [7, 11) is 0. The highest BCUT2D eigenvalue weighted by Gasteiger charge is 2.21. The first-order chi connectivity index (χ1) is 10.4. The third-order valence-corrected chi connectivity index (χ3v) is 5.18. The molecule has 5 heteroatoms. The Labute approximate surface area is 137 Å². The number of amides is 1. The van der Waals surface area contributed by atoms with E-state index in [1.165, 1.54) is 10.1 Å². The molecule has 0 fully saturated rings. The summed E-state index contributed by atoms with van der Waals surface area (Å²) in [6.07, 6.45) is 2.05. The molecule has 0 spiro atoms. The number of aromatic nitrogens is 1. The molecule has 0 bridgehead atoms. The van der Waals surface area contributed by atoms with Crippen molar-refractivity contribution in [3.8, 4) is 5.69 Å². The molecule has 22 heavy (non-hydrogen) atoms.